The summed E-state index contributed by atoms with van der Waals surface area (Å²) in [6, 6.07) is 1.67. The number of hydrogen-bond donors (Lipinski definition) is 1. The number of carbonyl (C=O) groups excluding carboxylic acids is 2. The van der Waals surface area contributed by atoms with Crippen molar-refractivity contribution in [2.24, 2.45) is 0 Å². The van der Waals surface area contributed by atoms with Crippen molar-refractivity contribution < 1.29 is 9.59 Å². The zero-order chi connectivity index (χ0) is 15.4. The van der Waals surface area contributed by atoms with Crippen LogP contribution in [0.25, 0.3) is 0 Å². The molecule has 2 heterocycles. The van der Waals surface area contributed by atoms with E-state index >= 15 is 0 Å². The zero-order valence-electron chi connectivity index (χ0n) is 12.6. The Balaban J connectivity index is 2.10. The molecule has 6 nitrogen and oxygen atoms in total. The highest BCUT2D eigenvalue weighted by atomic mass is 16.2. The summed E-state index contributed by atoms with van der Waals surface area (Å²) in [4.78, 5) is 32.1. The molecule has 0 saturated carbocycles. The highest BCUT2D eigenvalue weighted by molar-refractivity contribution is 5.96. The van der Waals surface area contributed by atoms with Gasteiger partial charge in [0, 0.05) is 32.6 Å². The van der Waals surface area contributed by atoms with Gasteiger partial charge in [-0.3, -0.25) is 14.6 Å². The van der Waals surface area contributed by atoms with Crippen molar-refractivity contribution in [1.82, 2.24) is 14.8 Å². The quantitative estimate of drug-likeness (QED) is 0.883. The summed E-state index contributed by atoms with van der Waals surface area (Å²) >= 11 is 0. The summed E-state index contributed by atoms with van der Waals surface area (Å²) in [6.07, 6.45) is 2.86. The number of hydrogen-bond acceptors (Lipinski definition) is 4. The first kappa shape index (κ1) is 15.3. The molecular formula is C15H22N4O2. The third-order valence-corrected chi connectivity index (χ3v) is 3.78. The summed E-state index contributed by atoms with van der Waals surface area (Å²) in [7, 11) is 0. The monoisotopic (exact) mass is 290 g/mol. The Labute approximate surface area is 124 Å². The van der Waals surface area contributed by atoms with E-state index in [1.54, 1.807) is 24.1 Å². The van der Waals surface area contributed by atoms with Crippen LogP contribution in [-0.4, -0.2) is 52.8 Å². The Kier molecular flexibility index (Phi) is 4.77. The molecule has 0 atom stereocenters. The molecule has 1 aliphatic heterocycles. The molecule has 0 aliphatic carbocycles. The molecule has 0 radical (unpaired) electrons. The van der Waals surface area contributed by atoms with E-state index in [0.29, 0.717) is 49.5 Å². The summed E-state index contributed by atoms with van der Waals surface area (Å²) in [6.45, 7) is 6.17. The molecule has 2 amide bonds. The highest BCUT2D eigenvalue weighted by Crippen LogP contribution is 2.14. The second-order valence-electron chi connectivity index (χ2n) is 5.28. The number of anilines is 1. The van der Waals surface area contributed by atoms with Gasteiger partial charge in [-0.15, -0.1) is 0 Å². The summed E-state index contributed by atoms with van der Waals surface area (Å²) in [5.41, 5.74) is 7.43. The van der Waals surface area contributed by atoms with Crippen LogP contribution in [0, 0.1) is 6.92 Å². The Bertz CT molecular complexity index is 544. The molecule has 2 rings (SSSR count). The molecule has 0 aromatic carbocycles. The normalized spacial score (nSPS) is 15.7. The molecule has 0 spiro atoms. The van der Waals surface area contributed by atoms with Crippen molar-refractivity contribution in [2.45, 2.75) is 26.7 Å². The van der Waals surface area contributed by atoms with Crippen LogP contribution in [0.5, 0.6) is 0 Å². The molecule has 1 fully saturated rings. The average Bonchev–Trinajstić information content (AvgIpc) is 2.74. The second kappa shape index (κ2) is 6.56. The van der Waals surface area contributed by atoms with Gasteiger partial charge in [0.1, 0.15) is 0 Å². The minimum atomic E-state index is -0.0573. The van der Waals surface area contributed by atoms with Gasteiger partial charge < -0.3 is 15.5 Å². The molecule has 1 aromatic heterocycles. The van der Waals surface area contributed by atoms with Crippen LogP contribution in [-0.2, 0) is 4.79 Å². The molecule has 0 unspecified atom stereocenters. The van der Waals surface area contributed by atoms with Crippen LogP contribution in [0.2, 0.25) is 0 Å². The fourth-order valence-corrected chi connectivity index (χ4v) is 2.53. The number of carbonyl (C=O) groups is 2. The molecule has 1 aromatic rings. The minimum absolute atomic E-state index is 0.0573. The highest BCUT2D eigenvalue weighted by Gasteiger charge is 2.23. The predicted octanol–water partition coefficient (Wildman–Crippen LogP) is 1.06. The number of rotatable bonds is 2. The van der Waals surface area contributed by atoms with E-state index in [1.165, 1.54) is 0 Å². The molecule has 2 N–H and O–H groups in total. The molecule has 1 saturated heterocycles. The lowest BCUT2D eigenvalue weighted by atomic mass is 10.1. The van der Waals surface area contributed by atoms with Gasteiger partial charge in [-0.25, -0.2) is 0 Å². The smallest absolute Gasteiger partial charge is 0.255 e. The third-order valence-electron chi connectivity index (χ3n) is 3.78. The third kappa shape index (κ3) is 3.51. The maximum atomic E-state index is 12.6. The van der Waals surface area contributed by atoms with Crippen molar-refractivity contribution in [3.05, 3.63) is 23.5 Å². The van der Waals surface area contributed by atoms with Crippen LogP contribution in [0.15, 0.2) is 12.3 Å². The van der Waals surface area contributed by atoms with Gasteiger partial charge in [0.15, 0.2) is 0 Å². The lowest BCUT2D eigenvalue weighted by Crippen LogP contribution is -2.37. The van der Waals surface area contributed by atoms with E-state index in [0.717, 1.165) is 6.42 Å². The maximum Gasteiger partial charge on any atom is 0.255 e. The molecule has 21 heavy (non-hydrogen) atoms. The first-order valence-corrected chi connectivity index (χ1v) is 7.32. The summed E-state index contributed by atoms with van der Waals surface area (Å²) in [5.74, 6) is 0.0872. The van der Waals surface area contributed by atoms with Crippen LogP contribution in [0.1, 0.15) is 35.8 Å². The van der Waals surface area contributed by atoms with E-state index in [1.807, 2.05) is 11.8 Å². The first-order valence-electron chi connectivity index (χ1n) is 7.32. The van der Waals surface area contributed by atoms with Gasteiger partial charge in [0.25, 0.3) is 5.91 Å². The second-order valence-corrected chi connectivity index (χ2v) is 5.28. The van der Waals surface area contributed by atoms with Crippen molar-refractivity contribution >= 4 is 17.5 Å². The number of nitrogen functional groups attached to an aromatic ring is 1. The Morgan fingerprint density at radius 3 is 2.62 bits per heavy atom. The maximum absolute atomic E-state index is 12.6. The fourth-order valence-electron chi connectivity index (χ4n) is 2.53. The number of aryl methyl sites for hydroxylation is 1. The van der Waals surface area contributed by atoms with Gasteiger partial charge >= 0.3 is 0 Å². The van der Waals surface area contributed by atoms with Gasteiger partial charge in [-0.05, 0) is 19.4 Å². The topological polar surface area (TPSA) is 79.5 Å². The van der Waals surface area contributed by atoms with Gasteiger partial charge in [0.05, 0.1) is 23.1 Å². The standard InChI is InChI=1S/C15H22N4O2/c1-3-14(20)18-5-4-6-19(8-7-18)15(21)13-9-12(16)10-17-11(13)2/h9-10H,3-8,16H2,1-2H3. The lowest BCUT2D eigenvalue weighted by molar-refractivity contribution is -0.130. The number of amides is 2. The van der Waals surface area contributed by atoms with E-state index in [9.17, 15) is 9.59 Å². The summed E-state index contributed by atoms with van der Waals surface area (Å²) in [5, 5.41) is 0. The zero-order valence-corrected chi connectivity index (χ0v) is 12.6. The van der Waals surface area contributed by atoms with E-state index in [2.05, 4.69) is 4.98 Å². The molecule has 6 heteroatoms. The fraction of sp³-hybridized carbons (Fsp3) is 0.533. The van der Waals surface area contributed by atoms with Crippen LogP contribution in [0.3, 0.4) is 0 Å². The molecular weight excluding hydrogens is 268 g/mol. The summed E-state index contributed by atoms with van der Waals surface area (Å²) < 4.78 is 0. The van der Waals surface area contributed by atoms with Crippen molar-refractivity contribution in [3.63, 3.8) is 0 Å². The first-order chi connectivity index (χ1) is 10.0. The van der Waals surface area contributed by atoms with Gasteiger partial charge in [0.2, 0.25) is 5.91 Å². The van der Waals surface area contributed by atoms with Crippen molar-refractivity contribution in [1.29, 1.82) is 0 Å². The molecule has 0 bridgehead atoms. The van der Waals surface area contributed by atoms with E-state index < -0.39 is 0 Å². The van der Waals surface area contributed by atoms with Gasteiger partial charge in [-0.1, -0.05) is 6.92 Å². The average molecular weight is 290 g/mol. The molecule has 1 aliphatic rings. The van der Waals surface area contributed by atoms with E-state index in [4.69, 9.17) is 5.73 Å². The number of nitrogens with two attached hydrogens (primary N) is 1. The SMILES string of the molecule is CCC(=O)N1CCCN(C(=O)c2cc(N)cnc2C)CC1. The van der Waals surface area contributed by atoms with E-state index in [-0.39, 0.29) is 11.8 Å². The van der Waals surface area contributed by atoms with Crippen LogP contribution >= 0.6 is 0 Å². The van der Waals surface area contributed by atoms with Crippen molar-refractivity contribution in [3.8, 4) is 0 Å². The van der Waals surface area contributed by atoms with Crippen LogP contribution < -0.4 is 5.73 Å². The number of nitrogens with zero attached hydrogens (tertiary/aromatic N) is 3. The Morgan fingerprint density at radius 1 is 1.24 bits per heavy atom. The van der Waals surface area contributed by atoms with Crippen LogP contribution in [0.4, 0.5) is 5.69 Å². The van der Waals surface area contributed by atoms with Crippen molar-refractivity contribution in [2.75, 3.05) is 31.9 Å². The Morgan fingerprint density at radius 2 is 1.90 bits per heavy atom. The molecule has 114 valence electrons. The number of aromatic nitrogens is 1. The largest absolute Gasteiger partial charge is 0.397 e. The lowest BCUT2D eigenvalue weighted by Gasteiger charge is -2.22. The number of pyridine rings is 1. The Hall–Kier alpha value is -2.11. The minimum Gasteiger partial charge on any atom is -0.397 e. The predicted molar refractivity (Wildman–Crippen MR) is 80.8 cm³/mol. The van der Waals surface area contributed by atoms with Gasteiger partial charge in [-0.2, -0.15) is 0 Å².